The Hall–Kier alpha value is -2.13. The Bertz CT molecular complexity index is 472. The molecule has 0 aliphatic rings. The Kier molecular flexibility index (Phi) is 3.66. The lowest BCUT2D eigenvalue weighted by Crippen LogP contribution is -2.29. The Balaban J connectivity index is 3.08. The number of rotatable bonds is 4. The lowest BCUT2D eigenvalue weighted by Gasteiger charge is -2.18. The number of nitriles is 1. The summed E-state index contributed by atoms with van der Waals surface area (Å²) in [5.74, 6) is 0. The molecule has 17 heavy (non-hydrogen) atoms. The Morgan fingerprint density at radius 1 is 1.59 bits per heavy atom. The van der Waals surface area contributed by atoms with Crippen molar-refractivity contribution in [3.05, 3.63) is 33.9 Å². The molecule has 0 atom stereocenters. The second-order valence-corrected chi connectivity index (χ2v) is 4.24. The molecule has 0 saturated carbocycles. The van der Waals surface area contributed by atoms with Gasteiger partial charge in [-0.25, -0.2) is 0 Å². The molecule has 0 unspecified atom stereocenters. The van der Waals surface area contributed by atoms with Gasteiger partial charge in [0.1, 0.15) is 17.3 Å². The number of para-hydroxylation sites is 1. The van der Waals surface area contributed by atoms with Crippen LogP contribution in [0.4, 0.5) is 11.4 Å². The topological polar surface area (TPSA) is 99.2 Å². The molecule has 0 saturated heterocycles. The van der Waals surface area contributed by atoms with E-state index in [4.69, 9.17) is 5.26 Å². The standard InChI is InChI=1S/C11H13N3O3/c1-11(2,15)7-13-9-5-3-4-8(6-12)10(9)14(16)17/h3-5,13,15H,7H2,1-2H3. The largest absolute Gasteiger partial charge is 0.389 e. The summed E-state index contributed by atoms with van der Waals surface area (Å²) in [5.41, 5.74) is -1.03. The molecule has 0 aromatic heterocycles. The molecule has 1 rings (SSSR count). The van der Waals surface area contributed by atoms with Crippen LogP contribution >= 0.6 is 0 Å². The number of hydrogen-bond donors (Lipinski definition) is 2. The Labute approximate surface area is 98.6 Å². The van der Waals surface area contributed by atoms with Crippen LogP contribution in [0.2, 0.25) is 0 Å². The molecular weight excluding hydrogens is 222 g/mol. The minimum absolute atomic E-state index is 0.00394. The van der Waals surface area contributed by atoms with Crippen molar-refractivity contribution in [2.45, 2.75) is 19.4 Å². The van der Waals surface area contributed by atoms with E-state index in [0.717, 1.165) is 0 Å². The van der Waals surface area contributed by atoms with E-state index in [1.54, 1.807) is 26.0 Å². The predicted molar refractivity (Wildman–Crippen MR) is 62.6 cm³/mol. The van der Waals surface area contributed by atoms with Crippen molar-refractivity contribution >= 4 is 11.4 Å². The fourth-order valence-corrected chi connectivity index (χ4v) is 1.28. The molecule has 1 aromatic carbocycles. The number of nitrogens with zero attached hydrogens (tertiary/aromatic N) is 2. The van der Waals surface area contributed by atoms with Crippen molar-refractivity contribution < 1.29 is 10.0 Å². The number of benzene rings is 1. The maximum absolute atomic E-state index is 10.9. The summed E-state index contributed by atoms with van der Waals surface area (Å²) in [6.07, 6.45) is 0. The van der Waals surface area contributed by atoms with Crippen molar-refractivity contribution in [1.29, 1.82) is 5.26 Å². The second-order valence-electron chi connectivity index (χ2n) is 4.24. The van der Waals surface area contributed by atoms with Gasteiger partial charge in [0.15, 0.2) is 0 Å². The molecule has 0 amide bonds. The van der Waals surface area contributed by atoms with Crippen LogP contribution in [0, 0.1) is 21.4 Å². The van der Waals surface area contributed by atoms with Gasteiger partial charge in [0.25, 0.3) is 0 Å². The third-order valence-electron chi connectivity index (χ3n) is 2.05. The van der Waals surface area contributed by atoms with Crippen LogP contribution in [0.15, 0.2) is 18.2 Å². The molecule has 0 aliphatic carbocycles. The minimum atomic E-state index is -0.990. The summed E-state index contributed by atoms with van der Waals surface area (Å²) in [6.45, 7) is 3.32. The number of hydrogen-bond acceptors (Lipinski definition) is 5. The zero-order valence-corrected chi connectivity index (χ0v) is 9.60. The normalized spacial score (nSPS) is 10.7. The van der Waals surface area contributed by atoms with Gasteiger partial charge in [-0.1, -0.05) is 6.07 Å². The molecule has 0 bridgehead atoms. The van der Waals surface area contributed by atoms with Gasteiger partial charge in [0, 0.05) is 6.54 Å². The Morgan fingerprint density at radius 2 is 2.24 bits per heavy atom. The van der Waals surface area contributed by atoms with E-state index >= 15 is 0 Å². The highest BCUT2D eigenvalue weighted by molar-refractivity contribution is 5.68. The molecule has 6 heteroatoms. The van der Waals surface area contributed by atoms with Crippen LogP contribution in [-0.2, 0) is 0 Å². The summed E-state index contributed by atoms with van der Waals surface area (Å²) in [4.78, 5) is 10.3. The smallest absolute Gasteiger partial charge is 0.309 e. The van der Waals surface area contributed by atoms with E-state index in [-0.39, 0.29) is 23.5 Å². The highest BCUT2D eigenvalue weighted by Crippen LogP contribution is 2.28. The zero-order valence-electron chi connectivity index (χ0n) is 9.60. The van der Waals surface area contributed by atoms with E-state index in [1.165, 1.54) is 12.1 Å². The maximum atomic E-state index is 10.9. The van der Waals surface area contributed by atoms with Crippen molar-refractivity contribution in [1.82, 2.24) is 0 Å². The van der Waals surface area contributed by atoms with Gasteiger partial charge in [-0.2, -0.15) is 5.26 Å². The summed E-state index contributed by atoms with van der Waals surface area (Å²) in [7, 11) is 0. The van der Waals surface area contributed by atoms with Crippen LogP contribution in [0.1, 0.15) is 19.4 Å². The maximum Gasteiger partial charge on any atom is 0.309 e. The molecule has 0 fully saturated rings. The van der Waals surface area contributed by atoms with Crippen molar-refractivity contribution in [3.63, 3.8) is 0 Å². The SMILES string of the molecule is CC(C)(O)CNc1cccc(C#N)c1[N+](=O)[O-]. The average molecular weight is 235 g/mol. The molecule has 90 valence electrons. The van der Waals surface area contributed by atoms with Gasteiger partial charge in [-0.15, -0.1) is 0 Å². The zero-order chi connectivity index (χ0) is 13.1. The van der Waals surface area contributed by atoms with Crippen molar-refractivity contribution in [2.24, 2.45) is 0 Å². The van der Waals surface area contributed by atoms with Crippen molar-refractivity contribution in [3.8, 4) is 6.07 Å². The van der Waals surface area contributed by atoms with E-state index in [0.29, 0.717) is 0 Å². The highest BCUT2D eigenvalue weighted by atomic mass is 16.6. The first-order valence-electron chi connectivity index (χ1n) is 4.99. The van der Waals surface area contributed by atoms with Crippen molar-refractivity contribution in [2.75, 3.05) is 11.9 Å². The van der Waals surface area contributed by atoms with Gasteiger partial charge in [0.05, 0.1) is 10.5 Å². The summed E-state index contributed by atoms with van der Waals surface area (Å²) >= 11 is 0. The number of anilines is 1. The minimum Gasteiger partial charge on any atom is -0.389 e. The third kappa shape index (κ3) is 3.43. The molecule has 0 spiro atoms. The monoisotopic (exact) mass is 235 g/mol. The van der Waals surface area contributed by atoms with E-state index in [2.05, 4.69) is 5.32 Å². The first kappa shape index (κ1) is 12.9. The molecule has 0 heterocycles. The molecular formula is C11H13N3O3. The summed E-state index contributed by atoms with van der Waals surface area (Å²) in [5, 5.41) is 32.0. The van der Waals surface area contributed by atoms with Crippen LogP contribution in [0.25, 0.3) is 0 Å². The highest BCUT2D eigenvalue weighted by Gasteiger charge is 2.21. The molecule has 0 aliphatic heterocycles. The fourth-order valence-electron chi connectivity index (χ4n) is 1.28. The quantitative estimate of drug-likeness (QED) is 0.610. The lowest BCUT2D eigenvalue weighted by molar-refractivity contribution is -0.384. The molecule has 1 aromatic rings. The average Bonchev–Trinajstić information content (AvgIpc) is 2.24. The number of nitro groups is 1. The first-order chi connectivity index (χ1) is 7.85. The number of nitro benzene ring substituents is 1. The van der Waals surface area contributed by atoms with Crippen LogP contribution in [-0.4, -0.2) is 22.2 Å². The molecule has 0 radical (unpaired) electrons. The van der Waals surface area contributed by atoms with Gasteiger partial charge < -0.3 is 10.4 Å². The second kappa shape index (κ2) is 4.80. The first-order valence-corrected chi connectivity index (χ1v) is 4.99. The van der Waals surface area contributed by atoms with E-state index in [9.17, 15) is 15.2 Å². The molecule has 2 N–H and O–H groups in total. The third-order valence-corrected chi connectivity index (χ3v) is 2.05. The van der Waals surface area contributed by atoms with E-state index in [1.807, 2.05) is 0 Å². The van der Waals surface area contributed by atoms with Gasteiger partial charge >= 0.3 is 5.69 Å². The Morgan fingerprint density at radius 3 is 2.71 bits per heavy atom. The fraction of sp³-hybridized carbons (Fsp3) is 0.364. The van der Waals surface area contributed by atoms with E-state index < -0.39 is 10.5 Å². The number of nitrogens with one attached hydrogen (secondary N) is 1. The lowest BCUT2D eigenvalue weighted by atomic mass is 10.1. The van der Waals surface area contributed by atoms with Gasteiger partial charge in [0.2, 0.25) is 0 Å². The van der Waals surface area contributed by atoms with Crippen LogP contribution in [0.3, 0.4) is 0 Å². The van der Waals surface area contributed by atoms with Gasteiger partial charge in [-0.05, 0) is 26.0 Å². The van der Waals surface area contributed by atoms with Crippen LogP contribution < -0.4 is 5.32 Å². The summed E-state index contributed by atoms with van der Waals surface area (Å²) in [6, 6.07) is 6.21. The molecule has 6 nitrogen and oxygen atoms in total. The predicted octanol–water partition coefficient (Wildman–Crippen LogP) is 1.65. The van der Waals surface area contributed by atoms with Gasteiger partial charge in [-0.3, -0.25) is 10.1 Å². The number of aliphatic hydroxyl groups is 1. The summed E-state index contributed by atoms with van der Waals surface area (Å²) < 4.78 is 0. The van der Waals surface area contributed by atoms with Crippen LogP contribution in [0.5, 0.6) is 0 Å².